The first kappa shape index (κ1) is 12.5. The van der Waals surface area contributed by atoms with Gasteiger partial charge in [0.25, 0.3) is 0 Å². The van der Waals surface area contributed by atoms with Gasteiger partial charge < -0.3 is 9.84 Å². The predicted molar refractivity (Wildman–Crippen MR) is 58.7 cm³/mol. The molecular weight excluding hydrogens is 232 g/mol. The number of benzene rings is 1. The highest BCUT2D eigenvalue weighted by Gasteiger charge is 2.11. The van der Waals surface area contributed by atoms with Gasteiger partial charge in [-0.05, 0) is 30.2 Å². The topological polar surface area (TPSA) is 63.6 Å². The van der Waals surface area contributed by atoms with E-state index in [-0.39, 0.29) is 18.0 Å². The highest BCUT2D eigenvalue weighted by atomic mass is 35.5. The first-order chi connectivity index (χ1) is 7.54. The maximum atomic E-state index is 10.9. The molecule has 1 aromatic rings. The Morgan fingerprint density at radius 3 is 2.69 bits per heavy atom. The number of esters is 1. The Hall–Kier alpha value is -1.55. The van der Waals surface area contributed by atoms with Crippen LogP contribution in [0.3, 0.4) is 0 Å². The van der Waals surface area contributed by atoms with E-state index >= 15 is 0 Å². The molecule has 0 aromatic heterocycles. The number of carboxylic acid groups (broad SMARTS) is 1. The molecule has 86 valence electrons. The van der Waals surface area contributed by atoms with Crippen LogP contribution in [0.15, 0.2) is 18.2 Å². The zero-order valence-electron chi connectivity index (χ0n) is 8.70. The second-order valence-corrected chi connectivity index (χ2v) is 3.62. The summed E-state index contributed by atoms with van der Waals surface area (Å²) in [6, 6.07) is 4.48. The van der Waals surface area contributed by atoms with Gasteiger partial charge in [-0.15, -0.1) is 0 Å². The third-order valence-corrected chi connectivity index (χ3v) is 2.36. The van der Waals surface area contributed by atoms with E-state index in [1.165, 1.54) is 19.2 Å². The maximum absolute atomic E-state index is 10.9. The van der Waals surface area contributed by atoms with Crippen LogP contribution in [-0.4, -0.2) is 24.2 Å². The SMILES string of the molecule is COC(=O)CCc1cc(Cl)ccc1C(=O)O. The second kappa shape index (κ2) is 5.51. The van der Waals surface area contributed by atoms with Crippen LogP contribution in [0.2, 0.25) is 5.02 Å². The summed E-state index contributed by atoms with van der Waals surface area (Å²) < 4.78 is 4.48. The molecule has 0 unspecified atom stereocenters. The predicted octanol–water partition coefficient (Wildman–Crippen LogP) is 2.14. The average Bonchev–Trinajstić information content (AvgIpc) is 2.25. The van der Waals surface area contributed by atoms with Gasteiger partial charge in [0, 0.05) is 11.4 Å². The van der Waals surface area contributed by atoms with Crippen LogP contribution in [-0.2, 0) is 16.0 Å². The quantitative estimate of drug-likeness (QED) is 0.822. The number of hydrogen-bond donors (Lipinski definition) is 1. The van der Waals surface area contributed by atoms with Gasteiger partial charge >= 0.3 is 11.9 Å². The molecule has 1 aromatic carbocycles. The lowest BCUT2D eigenvalue weighted by molar-refractivity contribution is -0.140. The molecule has 0 aliphatic heterocycles. The van der Waals surface area contributed by atoms with Crippen LogP contribution in [0.1, 0.15) is 22.3 Å². The van der Waals surface area contributed by atoms with Crippen LogP contribution in [0.4, 0.5) is 0 Å². The fourth-order valence-electron chi connectivity index (χ4n) is 1.32. The van der Waals surface area contributed by atoms with E-state index in [1.54, 1.807) is 6.07 Å². The standard InChI is InChI=1S/C11H11ClO4/c1-16-10(13)5-2-7-6-8(12)3-4-9(7)11(14)15/h3-4,6H,2,5H2,1H3,(H,14,15). The molecule has 0 bridgehead atoms. The lowest BCUT2D eigenvalue weighted by Crippen LogP contribution is -2.06. The smallest absolute Gasteiger partial charge is 0.335 e. The van der Waals surface area contributed by atoms with Crippen molar-refractivity contribution in [3.63, 3.8) is 0 Å². The van der Waals surface area contributed by atoms with E-state index < -0.39 is 5.97 Å². The number of rotatable bonds is 4. The second-order valence-electron chi connectivity index (χ2n) is 3.18. The summed E-state index contributed by atoms with van der Waals surface area (Å²) in [7, 11) is 1.29. The van der Waals surface area contributed by atoms with Crippen molar-refractivity contribution in [2.24, 2.45) is 0 Å². The fraction of sp³-hybridized carbons (Fsp3) is 0.273. The van der Waals surface area contributed by atoms with Gasteiger partial charge in [-0.2, -0.15) is 0 Å². The summed E-state index contributed by atoms with van der Waals surface area (Å²) in [4.78, 5) is 21.8. The van der Waals surface area contributed by atoms with Crippen molar-refractivity contribution in [2.45, 2.75) is 12.8 Å². The van der Waals surface area contributed by atoms with Gasteiger partial charge in [-0.1, -0.05) is 11.6 Å². The van der Waals surface area contributed by atoms with Gasteiger partial charge in [0.05, 0.1) is 12.7 Å². The molecule has 1 N–H and O–H groups in total. The summed E-state index contributed by atoms with van der Waals surface area (Å²) in [5.74, 6) is -1.41. The van der Waals surface area contributed by atoms with Crippen molar-refractivity contribution in [3.8, 4) is 0 Å². The van der Waals surface area contributed by atoms with Crippen molar-refractivity contribution in [1.29, 1.82) is 0 Å². The van der Waals surface area contributed by atoms with Crippen LogP contribution < -0.4 is 0 Å². The van der Waals surface area contributed by atoms with Crippen LogP contribution >= 0.6 is 11.6 Å². The number of aryl methyl sites for hydroxylation is 1. The minimum Gasteiger partial charge on any atom is -0.478 e. The first-order valence-electron chi connectivity index (χ1n) is 4.63. The van der Waals surface area contributed by atoms with Crippen LogP contribution in [0, 0.1) is 0 Å². The molecule has 0 heterocycles. The van der Waals surface area contributed by atoms with E-state index in [2.05, 4.69) is 4.74 Å². The first-order valence-corrected chi connectivity index (χ1v) is 5.01. The largest absolute Gasteiger partial charge is 0.478 e. The molecule has 0 amide bonds. The number of hydrogen-bond acceptors (Lipinski definition) is 3. The summed E-state index contributed by atoms with van der Waals surface area (Å²) in [5.41, 5.74) is 0.693. The van der Waals surface area contributed by atoms with Gasteiger partial charge in [0.1, 0.15) is 0 Å². The summed E-state index contributed by atoms with van der Waals surface area (Å²) in [5, 5.41) is 9.37. The number of aromatic carboxylic acids is 1. The molecule has 0 atom stereocenters. The van der Waals surface area contributed by atoms with Crippen molar-refractivity contribution < 1.29 is 19.4 Å². The van der Waals surface area contributed by atoms with E-state index in [0.717, 1.165) is 0 Å². The Kier molecular flexibility index (Phi) is 4.31. The van der Waals surface area contributed by atoms with Crippen LogP contribution in [0.25, 0.3) is 0 Å². The molecule has 0 saturated heterocycles. The highest BCUT2D eigenvalue weighted by Crippen LogP contribution is 2.18. The summed E-state index contributed by atoms with van der Waals surface area (Å²) in [6.07, 6.45) is 0.436. The zero-order chi connectivity index (χ0) is 12.1. The Balaban J connectivity index is 2.88. The molecule has 16 heavy (non-hydrogen) atoms. The third kappa shape index (κ3) is 3.24. The zero-order valence-corrected chi connectivity index (χ0v) is 9.45. The Morgan fingerprint density at radius 2 is 2.12 bits per heavy atom. The summed E-state index contributed by atoms with van der Waals surface area (Å²) in [6.45, 7) is 0. The lowest BCUT2D eigenvalue weighted by atomic mass is 10.0. The molecule has 0 aliphatic carbocycles. The molecule has 0 aliphatic rings. The van der Waals surface area contributed by atoms with Crippen molar-refractivity contribution in [2.75, 3.05) is 7.11 Å². The number of ether oxygens (including phenoxy) is 1. The fourth-order valence-corrected chi connectivity index (χ4v) is 1.51. The monoisotopic (exact) mass is 242 g/mol. The number of carbonyl (C=O) groups is 2. The molecule has 4 nitrogen and oxygen atoms in total. The minimum absolute atomic E-state index is 0.136. The molecular formula is C11H11ClO4. The summed E-state index contributed by atoms with van der Waals surface area (Å²) >= 11 is 5.76. The van der Waals surface area contributed by atoms with E-state index in [4.69, 9.17) is 16.7 Å². The Labute approximate surface area is 97.8 Å². The molecule has 0 spiro atoms. The van der Waals surface area contributed by atoms with Crippen molar-refractivity contribution in [1.82, 2.24) is 0 Å². The van der Waals surface area contributed by atoms with E-state index in [0.29, 0.717) is 17.0 Å². The van der Waals surface area contributed by atoms with Crippen LogP contribution in [0.5, 0.6) is 0 Å². The van der Waals surface area contributed by atoms with E-state index in [9.17, 15) is 9.59 Å². The van der Waals surface area contributed by atoms with Gasteiger partial charge in [0.2, 0.25) is 0 Å². The number of carboxylic acids is 1. The van der Waals surface area contributed by atoms with Gasteiger partial charge in [-0.3, -0.25) is 4.79 Å². The third-order valence-electron chi connectivity index (χ3n) is 2.12. The molecule has 5 heteroatoms. The number of methoxy groups -OCH3 is 1. The number of halogens is 1. The number of carbonyl (C=O) groups excluding carboxylic acids is 1. The van der Waals surface area contributed by atoms with Gasteiger partial charge in [-0.25, -0.2) is 4.79 Å². The molecule has 0 saturated carbocycles. The Bertz CT molecular complexity index is 414. The highest BCUT2D eigenvalue weighted by molar-refractivity contribution is 6.30. The minimum atomic E-state index is -1.03. The molecule has 0 fully saturated rings. The normalized spacial score (nSPS) is 9.88. The Morgan fingerprint density at radius 1 is 1.44 bits per heavy atom. The van der Waals surface area contributed by atoms with E-state index in [1.807, 2.05) is 0 Å². The van der Waals surface area contributed by atoms with Crippen molar-refractivity contribution >= 4 is 23.5 Å². The molecule has 0 radical (unpaired) electrons. The maximum Gasteiger partial charge on any atom is 0.335 e. The molecule has 1 rings (SSSR count). The van der Waals surface area contributed by atoms with Crippen molar-refractivity contribution in [3.05, 3.63) is 34.3 Å². The van der Waals surface area contributed by atoms with Gasteiger partial charge in [0.15, 0.2) is 0 Å². The average molecular weight is 243 g/mol. The lowest BCUT2D eigenvalue weighted by Gasteiger charge is -2.05.